The molecule has 1 saturated carbocycles. The van der Waals surface area contributed by atoms with Crippen molar-refractivity contribution in [2.24, 2.45) is 5.92 Å². The van der Waals surface area contributed by atoms with E-state index in [9.17, 15) is 9.59 Å². The molecule has 1 saturated heterocycles. The molecule has 6 nitrogen and oxygen atoms in total. The number of nitrogens with zero attached hydrogens (tertiary/aromatic N) is 2. The minimum atomic E-state index is -0.0755. The van der Waals surface area contributed by atoms with Crippen molar-refractivity contribution in [3.8, 4) is 5.75 Å². The Morgan fingerprint density at radius 1 is 1.07 bits per heavy atom. The Bertz CT molecular complexity index is 677. The summed E-state index contributed by atoms with van der Waals surface area (Å²) in [5, 5.41) is 3.11. The lowest BCUT2D eigenvalue weighted by atomic mass is 9.94. The van der Waals surface area contributed by atoms with E-state index in [4.69, 9.17) is 4.74 Å². The van der Waals surface area contributed by atoms with Crippen LogP contribution in [0, 0.1) is 5.92 Å². The number of hydrogen-bond donors (Lipinski definition) is 1. The fraction of sp³-hybridized carbons (Fsp3) is 0.636. The van der Waals surface area contributed by atoms with E-state index in [-0.39, 0.29) is 23.9 Å². The van der Waals surface area contributed by atoms with Crippen molar-refractivity contribution in [1.82, 2.24) is 15.1 Å². The van der Waals surface area contributed by atoms with Gasteiger partial charge in [0.2, 0.25) is 5.91 Å². The fourth-order valence-electron chi connectivity index (χ4n) is 4.52. The molecule has 0 bridgehead atoms. The molecular weight excluding hydrogens is 354 g/mol. The molecule has 3 rings (SSSR count). The summed E-state index contributed by atoms with van der Waals surface area (Å²) < 4.78 is 5.34. The second-order valence-electron chi connectivity index (χ2n) is 8.18. The highest BCUT2D eigenvalue weighted by Gasteiger charge is 2.37. The summed E-state index contributed by atoms with van der Waals surface area (Å²) in [6.07, 6.45) is 4.66. The van der Waals surface area contributed by atoms with E-state index in [1.54, 1.807) is 7.11 Å². The number of amides is 2. The van der Waals surface area contributed by atoms with Gasteiger partial charge in [-0.1, -0.05) is 25.0 Å². The monoisotopic (exact) mass is 387 g/mol. The van der Waals surface area contributed by atoms with Crippen molar-refractivity contribution in [2.75, 3.05) is 33.3 Å². The number of piperazine rings is 1. The predicted octanol–water partition coefficient (Wildman–Crippen LogP) is 2.54. The van der Waals surface area contributed by atoms with Crippen molar-refractivity contribution in [3.63, 3.8) is 0 Å². The first-order valence-electron chi connectivity index (χ1n) is 10.5. The summed E-state index contributed by atoms with van der Waals surface area (Å²) in [4.78, 5) is 30.0. The largest absolute Gasteiger partial charge is 0.496 e. The number of carbonyl (C=O) groups is 2. The van der Waals surface area contributed by atoms with Gasteiger partial charge in [-0.05, 0) is 44.7 Å². The second-order valence-corrected chi connectivity index (χ2v) is 8.18. The first-order valence-corrected chi connectivity index (χ1v) is 10.5. The van der Waals surface area contributed by atoms with E-state index in [1.807, 2.05) is 43.0 Å². The van der Waals surface area contributed by atoms with E-state index in [0.29, 0.717) is 30.3 Å². The van der Waals surface area contributed by atoms with Crippen LogP contribution in [0.1, 0.15) is 49.9 Å². The Hall–Kier alpha value is -2.08. The van der Waals surface area contributed by atoms with Gasteiger partial charge in [-0.3, -0.25) is 14.5 Å². The van der Waals surface area contributed by atoms with Crippen LogP contribution >= 0.6 is 0 Å². The standard InChI is InChI=1S/C22H33N3O3/c1-16(2)23-21(26)20(17-8-4-5-9-17)24-12-14-25(15-13-24)22(27)18-10-6-7-11-19(18)28-3/h6-7,10-11,16-17,20H,4-5,8-9,12-15H2,1-3H3,(H,23,26)/t20-/m1/s1. The zero-order valence-corrected chi connectivity index (χ0v) is 17.3. The molecular formula is C22H33N3O3. The number of benzene rings is 1. The van der Waals surface area contributed by atoms with Crippen LogP contribution in [-0.2, 0) is 4.79 Å². The first-order chi connectivity index (χ1) is 13.5. The van der Waals surface area contributed by atoms with Crippen LogP contribution in [0.25, 0.3) is 0 Å². The molecule has 6 heteroatoms. The lowest BCUT2D eigenvalue weighted by Gasteiger charge is -2.41. The Kier molecular flexibility index (Phi) is 6.94. The van der Waals surface area contributed by atoms with Crippen LogP contribution in [0.3, 0.4) is 0 Å². The average Bonchev–Trinajstić information content (AvgIpc) is 3.21. The molecule has 0 aromatic heterocycles. The number of hydrogen-bond acceptors (Lipinski definition) is 4. The summed E-state index contributed by atoms with van der Waals surface area (Å²) in [5.74, 6) is 1.18. The Morgan fingerprint density at radius 3 is 2.32 bits per heavy atom. The topological polar surface area (TPSA) is 61.9 Å². The number of methoxy groups -OCH3 is 1. The van der Waals surface area contributed by atoms with Gasteiger partial charge in [0.1, 0.15) is 5.75 Å². The van der Waals surface area contributed by atoms with E-state index < -0.39 is 0 Å². The molecule has 2 amide bonds. The van der Waals surface area contributed by atoms with Crippen LogP contribution < -0.4 is 10.1 Å². The van der Waals surface area contributed by atoms with E-state index in [1.165, 1.54) is 12.8 Å². The molecule has 2 aliphatic rings. The Balaban J connectivity index is 1.66. The van der Waals surface area contributed by atoms with Gasteiger partial charge in [0.15, 0.2) is 0 Å². The average molecular weight is 388 g/mol. The molecule has 28 heavy (non-hydrogen) atoms. The molecule has 0 unspecified atom stereocenters. The highest BCUT2D eigenvalue weighted by Crippen LogP contribution is 2.31. The number of rotatable bonds is 6. The highest BCUT2D eigenvalue weighted by molar-refractivity contribution is 5.97. The van der Waals surface area contributed by atoms with Gasteiger partial charge in [-0.2, -0.15) is 0 Å². The minimum absolute atomic E-state index is 0.00106. The van der Waals surface area contributed by atoms with Crippen molar-refractivity contribution in [3.05, 3.63) is 29.8 Å². The molecule has 1 aliphatic heterocycles. The number of para-hydroxylation sites is 1. The smallest absolute Gasteiger partial charge is 0.257 e. The lowest BCUT2D eigenvalue weighted by molar-refractivity contribution is -0.129. The Morgan fingerprint density at radius 2 is 1.71 bits per heavy atom. The van der Waals surface area contributed by atoms with Gasteiger partial charge in [0, 0.05) is 32.2 Å². The molecule has 0 spiro atoms. The summed E-state index contributed by atoms with van der Waals surface area (Å²) in [5.41, 5.74) is 0.600. The number of ether oxygens (including phenoxy) is 1. The van der Waals surface area contributed by atoms with Gasteiger partial charge in [0.25, 0.3) is 5.91 Å². The van der Waals surface area contributed by atoms with Gasteiger partial charge >= 0.3 is 0 Å². The normalized spacial score (nSPS) is 19.6. The van der Waals surface area contributed by atoms with Crippen molar-refractivity contribution in [1.29, 1.82) is 0 Å². The maximum Gasteiger partial charge on any atom is 0.257 e. The van der Waals surface area contributed by atoms with Crippen LogP contribution in [0.2, 0.25) is 0 Å². The highest BCUT2D eigenvalue weighted by atomic mass is 16.5. The number of nitrogens with one attached hydrogen (secondary N) is 1. The van der Waals surface area contributed by atoms with Gasteiger partial charge in [0.05, 0.1) is 18.7 Å². The quantitative estimate of drug-likeness (QED) is 0.815. The van der Waals surface area contributed by atoms with Gasteiger partial charge in [-0.25, -0.2) is 0 Å². The minimum Gasteiger partial charge on any atom is -0.496 e. The molecule has 0 radical (unpaired) electrons. The number of carbonyl (C=O) groups excluding carboxylic acids is 2. The van der Waals surface area contributed by atoms with Crippen molar-refractivity contribution >= 4 is 11.8 Å². The summed E-state index contributed by atoms with van der Waals surface area (Å²) in [6, 6.07) is 7.42. The summed E-state index contributed by atoms with van der Waals surface area (Å²) in [7, 11) is 1.59. The molecule has 1 aliphatic carbocycles. The maximum absolute atomic E-state index is 12.9. The van der Waals surface area contributed by atoms with E-state index in [2.05, 4.69) is 10.2 Å². The third-order valence-electron chi connectivity index (χ3n) is 5.88. The zero-order chi connectivity index (χ0) is 20.1. The molecule has 1 aromatic rings. The summed E-state index contributed by atoms with van der Waals surface area (Å²) >= 11 is 0. The first kappa shape index (κ1) is 20.6. The molecule has 1 aromatic carbocycles. The summed E-state index contributed by atoms with van der Waals surface area (Å²) in [6.45, 7) is 6.74. The van der Waals surface area contributed by atoms with Crippen molar-refractivity contribution in [2.45, 2.75) is 51.6 Å². The molecule has 1 heterocycles. The second kappa shape index (κ2) is 9.41. The van der Waals surface area contributed by atoms with E-state index in [0.717, 1.165) is 25.9 Å². The van der Waals surface area contributed by atoms with Crippen LogP contribution in [0.4, 0.5) is 0 Å². The van der Waals surface area contributed by atoms with Crippen LogP contribution in [0.15, 0.2) is 24.3 Å². The SMILES string of the molecule is COc1ccccc1C(=O)N1CCN([C@@H](C(=O)NC(C)C)C2CCCC2)CC1. The third kappa shape index (κ3) is 4.66. The predicted molar refractivity (Wildman–Crippen MR) is 109 cm³/mol. The molecule has 1 atom stereocenters. The van der Waals surface area contributed by atoms with Gasteiger partial charge in [-0.15, -0.1) is 0 Å². The molecule has 1 N–H and O–H groups in total. The maximum atomic E-state index is 12.9. The van der Waals surface area contributed by atoms with Crippen LogP contribution in [0.5, 0.6) is 5.75 Å². The van der Waals surface area contributed by atoms with Crippen molar-refractivity contribution < 1.29 is 14.3 Å². The zero-order valence-electron chi connectivity index (χ0n) is 17.3. The molecule has 2 fully saturated rings. The molecule has 154 valence electrons. The van der Waals surface area contributed by atoms with Crippen LogP contribution in [-0.4, -0.2) is 67.0 Å². The fourth-order valence-corrected chi connectivity index (χ4v) is 4.52. The van der Waals surface area contributed by atoms with Gasteiger partial charge < -0.3 is 15.0 Å². The Labute approximate surface area is 168 Å². The third-order valence-corrected chi connectivity index (χ3v) is 5.88. The lowest BCUT2D eigenvalue weighted by Crippen LogP contribution is -2.58. The van der Waals surface area contributed by atoms with E-state index >= 15 is 0 Å².